The molecular formula is C30H31N3O2. The molecule has 1 aliphatic rings. The number of aryl methyl sites for hydroxylation is 1. The highest BCUT2D eigenvalue weighted by atomic mass is 16.5. The number of nitrogens with one attached hydrogen (secondary N) is 1. The van der Waals surface area contributed by atoms with Crippen LogP contribution in [0, 0.1) is 0 Å². The first kappa shape index (κ1) is 22.9. The van der Waals surface area contributed by atoms with Crippen LogP contribution in [0.4, 0.5) is 0 Å². The number of rotatable bonds is 6. The van der Waals surface area contributed by atoms with Crippen molar-refractivity contribution in [3.8, 4) is 28.4 Å². The third kappa shape index (κ3) is 4.59. The number of hydrogen-bond acceptors (Lipinski definition) is 3. The van der Waals surface area contributed by atoms with Crippen LogP contribution < -0.4 is 10.1 Å². The van der Waals surface area contributed by atoms with E-state index < -0.39 is 0 Å². The summed E-state index contributed by atoms with van der Waals surface area (Å²) >= 11 is 0. The normalized spacial score (nSPS) is 15.2. The quantitative estimate of drug-likeness (QED) is 0.333. The van der Waals surface area contributed by atoms with Crippen molar-refractivity contribution in [1.29, 1.82) is 0 Å². The number of methoxy groups -OCH3 is 1. The van der Waals surface area contributed by atoms with E-state index in [2.05, 4.69) is 36.5 Å². The minimum atomic E-state index is -0.0962. The molecule has 1 unspecified atom stereocenters. The van der Waals surface area contributed by atoms with Gasteiger partial charge in [-0.3, -0.25) is 4.79 Å². The van der Waals surface area contributed by atoms with Crippen LogP contribution in [0.5, 0.6) is 5.75 Å². The van der Waals surface area contributed by atoms with Gasteiger partial charge in [0.05, 0.1) is 13.2 Å². The van der Waals surface area contributed by atoms with Crippen LogP contribution in [0.2, 0.25) is 0 Å². The molecule has 178 valence electrons. The molecule has 1 atom stereocenters. The van der Waals surface area contributed by atoms with E-state index in [0.717, 1.165) is 48.4 Å². The molecule has 0 radical (unpaired) electrons. The fraction of sp³-hybridized carbons (Fsp3) is 0.267. The molecule has 0 bridgehead atoms. The lowest BCUT2D eigenvalue weighted by Crippen LogP contribution is -2.31. The SMILES string of the molecule is CCn1c(-c2ccccc2)nc(-c2cccc(OC)c2)c1C(=O)NC1CCCCc2ccccc21. The molecule has 1 aliphatic carbocycles. The van der Waals surface area contributed by atoms with Gasteiger partial charge >= 0.3 is 0 Å². The Morgan fingerprint density at radius 3 is 2.57 bits per heavy atom. The Kier molecular flexibility index (Phi) is 6.66. The van der Waals surface area contributed by atoms with Crippen LogP contribution in [0.1, 0.15) is 53.8 Å². The predicted molar refractivity (Wildman–Crippen MR) is 140 cm³/mol. The fourth-order valence-electron chi connectivity index (χ4n) is 5.07. The van der Waals surface area contributed by atoms with Crippen molar-refractivity contribution < 1.29 is 9.53 Å². The lowest BCUT2D eigenvalue weighted by atomic mass is 9.99. The highest BCUT2D eigenvalue weighted by Crippen LogP contribution is 2.33. The number of amides is 1. The van der Waals surface area contributed by atoms with E-state index in [4.69, 9.17) is 9.72 Å². The highest BCUT2D eigenvalue weighted by molar-refractivity contribution is 6.00. The van der Waals surface area contributed by atoms with Gasteiger partial charge in [0, 0.05) is 17.7 Å². The molecule has 1 heterocycles. The van der Waals surface area contributed by atoms with Crippen molar-refractivity contribution in [3.05, 3.63) is 95.7 Å². The molecule has 1 N–H and O–H groups in total. The molecule has 0 spiro atoms. The topological polar surface area (TPSA) is 56.2 Å². The van der Waals surface area contributed by atoms with E-state index in [1.54, 1.807) is 7.11 Å². The average Bonchev–Trinajstić information content (AvgIpc) is 3.19. The summed E-state index contributed by atoms with van der Waals surface area (Å²) in [7, 11) is 1.65. The number of aromatic nitrogens is 2. The van der Waals surface area contributed by atoms with Gasteiger partial charge in [-0.25, -0.2) is 4.98 Å². The average molecular weight is 466 g/mol. The molecule has 3 aromatic carbocycles. The van der Waals surface area contributed by atoms with E-state index in [9.17, 15) is 4.79 Å². The fourth-order valence-corrected chi connectivity index (χ4v) is 5.07. The van der Waals surface area contributed by atoms with Crippen LogP contribution in [0.25, 0.3) is 22.6 Å². The van der Waals surface area contributed by atoms with Gasteiger partial charge in [0.2, 0.25) is 0 Å². The van der Waals surface area contributed by atoms with Crippen molar-refractivity contribution in [2.45, 2.75) is 45.2 Å². The minimum absolute atomic E-state index is 0.0141. The molecule has 0 saturated heterocycles. The summed E-state index contributed by atoms with van der Waals surface area (Å²) in [5.74, 6) is 1.43. The summed E-state index contributed by atoms with van der Waals surface area (Å²) in [4.78, 5) is 19.0. The van der Waals surface area contributed by atoms with Crippen LogP contribution in [0.15, 0.2) is 78.9 Å². The van der Waals surface area contributed by atoms with Crippen molar-refractivity contribution in [2.24, 2.45) is 0 Å². The highest BCUT2D eigenvalue weighted by Gasteiger charge is 2.27. The number of imidazole rings is 1. The van der Waals surface area contributed by atoms with Gasteiger partial charge < -0.3 is 14.6 Å². The zero-order chi connectivity index (χ0) is 24.2. The molecule has 5 nitrogen and oxygen atoms in total. The summed E-state index contributed by atoms with van der Waals surface area (Å²) in [5.41, 5.74) is 5.66. The number of benzene rings is 3. The zero-order valence-electron chi connectivity index (χ0n) is 20.3. The van der Waals surface area contributed by atoms with Gasteiger partial charge in [0.15, 0.2) is 0 Å². The van der Waals surface area contributed by atoms with E-state index >= 15 is 0 Å². The van der Waals surface area contributed by atoms with Crippen molar-refractivity contribution in [2.75, 3.05) is 7.11 Å². The van der Waals surface area contributed by atoms with E-state index in [-0.39, 0.29) is 11.9 Å². The van der Waals surface area contributed by atoms with Crippen LogP contribution >= 0.6 is 0 Å². The van der Waals surface area contributed by atoms with E-state index in [1.807, 2.05) is 59.2 Å². The van der Waals surface area contributed by atoms with Crippen molar-refractivity contribution in [3.63, 3.8) is 0 Å². The minimum Gasteiger partial charge on any atom is -0.497 e. The molecular weight excluding hydrogens is 434 g/mol. The Hall–Kier alpha value is -3.86. The van der Waals surface area contributed by atoms with Gasteiger partial charge in [-0.05, 0) is 49.4 Å². The maximum atomic E-state index is 14.0. The molecule has 1 amide bonds. The Bertz CT molecular complexity index is 1330. The molecule has 35 heavy (non-hydrogen) atoms. The second kappa shape index (κ2) is 10.2. The molecule has 0 saturated carbocycles. The predicted octanol–water partition coefficient (Wildman–Crippen LogP) is 6.44. The number of hydrogen-bond donors (Lipinski definition) is 1. The molecule has 0 fully saturated rings. The van der Waals surface area contributed by atoms with Crippen LogP contribution in [-0.2, 0) is 13.0 Å². The van der Waals surface area contributed by atoms with Gasteiger partial charge in [-0.2, -0.15) is 0 Å². The third-order valence-electron chi connectivity index (χ3n) is 6.80. The first-order valence-corrected chi connectivity index (χ1v) is 12.4. The third-order valence-corrected chi connectivity index (χ3v) is 6.80. The van der Waals surface area contributed by atoms with E-state index in [0.29, 0.717) is 17.9 Å². The van der Waals surface area contributed by atoms with Crippen molar-refractivity contribution in [1.82, 2.24) is 14.9 Å². The molecule has 5 heteroatoms. The number of carbonyl (C=O) groups excluding carboxylic acids is 1. The number of nitrogens with zero attached hydrogens (tertiary/aromatic N) is 2. The summed E-state index contributed by atoms with van der Waals surface area (Å²) in [6.07, 6.45) is 4.22. The zero-order valence-corrected chi connectivity index (χ0v) is 20.3. The molecule has 5 rings (SSSR count). The Morgan fingerprint density at radius 2 is 1.77 bits per heavy atom. The molecule has 4 aromatic rings. The second-order valence-electron chi connectivity index (χ2n) is 8.95. The number of carbonyl (C=O) groups is 1. The Morgan fingerprint density at radius 1 is 1.00 bits per heavy atom. The van der Waals surface area contributed by atoms with Gasteiger partial charge in [0.25, 0.3) is 5.91 Å². The largest absolute Gasteiger partial charge is 0.497 e. The van der Waals surface area contributed by atoms with Crippen molar-refractivity contribution >= 4 is 5.91 Å². The van der Waals surface area contributed by atoms with Crippen LogP contribution in [0.3, 0.4) is 0 Å². The van der Waals surface area contributed by atoms with Gasteiger partial charge in [-0.1, -0.05) is 73.2 Å². The Labute approximate surface area is 206 Å². The standard InChI is InChI=1S/C30H31N3O2/c1-3-33-28(30(34)31-26-19-10-8-13-21-12-7-9-18-25(21)26)27(23-16-11-17-24(20-23)35-2)32-29(33)22-14-5-4-6-15-22/h4-7,9,11-12,14-18,20,26H,3,8,10,13,19H2,1-2H3,(H,31,34). The number of fused-ring (bicyclic) bond motifs is 1. The molecule has 1 aromatic heterocycles. The second-order valence-corrected chi connectivity index (χ2v) is 8.95. The lowest BCUT2D eigenvalue weighted by Gasteiger charge is -2.20. The summed E-state index contributed by atoms with van der Waals surface area (Å²) in [5, 5.41) is 3.38. The molecule has 0 aliphatic heterocycles. The van der Waals surface area contributed by atoms with Crippen LogP contribution in [-0.4, -0.2) is 22.6 Å². The first-order chi connectivity index (χ1) is 17.2. The lowest BCUT2D eigenvalue weighted by molar-refractivity contribution is 0.0926. The number of ether oxygens (including phenoxy) is 1. The summed E-state index contributed by atoms with van der Waals surface area (Å²) in [6.45, 7) is 2.69. The van der Waals surface area contributed by atoms with E-state index in [1.165, 1.54) is 11.1 Å². The maximum absolute atomic E-state index is 14.0. The van der Waals surface area contributed by atoms with Gasteiger partial charge in [0.1, 0.15) is 23.0 Å². The summed E-state index contributed by atoms with van der Waals surface area (Å²) in [6, 6.07) is 26.3. The Balaban J connectivity index is 1.61. The monoisotopic (exact) mass is 465 g/mol. The maximum Gasteiger partial charge on any atom is 0.270 e. The van der Waals surface area contributed by atoms with Gasteiger partial charge in [-0.15, -0.1) is 0 Å². The smallest absolute Gasteiger partial charge is 0.270 e. The summed E-state index contributed by atoms with van der Waals surface area (Å²) < 4.78 is 7.49. The first-order valence-electron chi connectivity index (χ1n) is 12.4.